The molecule has 0 aromatic heterocycles. The lowest BCUT2D eigenvalue weighted by atomic mass is 9.98. The smallest absolute Gasteiger partial charge is 0.407 e. The number of amides is 2. The fraction of sp³-hybridized carbons (Fsp3) is 0.900. The van der Waals surface area contributed by atoms with Crippen LogP contribution in [0.25, 0.3) is 0 Å². The van der Waals surface area contributed by atoms with E-state index in [1.807, 2.05) is 0 Å². The molecule has 0 saturated heterocycles. The molecule has 14 heteroatoms. The van der Waals surface area contributed by atoms with Crippen LogP contribution in [0.1, 0.15) is 67.2 Å². The Morgan fingerprint density at radius 2 is 0.971 bits per heavy atom. The summed E-state index contributed by atoms with van der Waals surface area (Å²) in [5.74, 6) is 0. The van der Waals surface area contributed by atoms with Gasteiger partial charge >= 0.3 is 12.2 Å². The molecule has 0 fully saturated rings. The van der Waals surface area contributed by atoms with Gasteiger partial charge in [0, 0.05) is 0 Å². The van der Waals surface area contributed by atoms with Crippen LogP contribution in [0.15, 0.2) is 0 Å². The van der Waals surface area contributed by atoms with Crippen molar-refractivity contribution < 1.29 is 44.3 Å². The number of carbonyl (C=O) groups is 2. The monoisotopic (exact) mass is 532 g/mol. The summed E-state index contributed by atoms with van der Waals surface area (Å²) in [6.07, 6.45) is 1.31. The predicted molar refractivity (Wildman–Crippen MR) is 126 cm³/mol. The summed E-state index contributed by atoms with van der Waals surface area (Å²) in [5, 5.41) is 5.40. The van der Waals surface area contributed by atoms with Crippen LogP contribution >= 0.6 is 0 Å². The fourth-order valence-corrected chi connectivity index (χ4v) is 3.53. The maximum Gasteiger partial charge on any atom is 0.407 e. The molecule has 0 radical (unpaired) electrons. The van der Waals surface area contributed by atoms with Crippen LogP contribution < -0.4 is 10.6 Å². The SMILES string of the molecule is CC(C)(C)OC(=O)N[C@@H](CCCOS(C)(=O)=O)[C@H](CCCOS(C)(=O)=O)NC(=O)OC(C)(C)C. The first-order valence-corrected chi connectivity index (χ1v) is 14.5. The second-order valence-electron chi connectivity index (χ2n) is 9.84. The molecule has 0 bridgehead atoms. The Morgan fingerprint density at radius 3 is 1.21 bits per heavy atom. The number of hydrogen-bond donors (Lipinski definition) is 2. The fourth-order valence-electron chi connectivity index (χ4n) is 2.69. The zero-order valence-corrected chi connectivity index (χ0v) is 22.9. The lowest BCUT2D eigenvalue weighted by molar-refractivity contribution is 0.0417. The summed E-state index contributed by atoms with van der Waals surface area (Å²) in [5.41, 5.74) is -1.54. The zero-order chi connectivity index (χ0) is 26.8. The third kappa shape index (κ3) is 19.8. The van der Waals surface area contributed by atoms with Crippen LogP contribution in [0.4, 0.5) is 9.59 Å². The Labute approximate surface area is 203 Å². The first kappa shape index (κ1) is 32.4. The summed E-state index contributed by atoms with van der Waals surface area (Å²) in [6.45, 7) is 9.92. The molecule has 0 rings (SSSR count). The van der Waals surface area contributed by atoms with Crippen molar-refractivity contribution in [1.29, 1.82) is 0 Å². The lowest BCUT2D eigenvalue weighted by Crippen LogP contribution is -2.53. The average molecular weight is 533 g/mol. The van der Waals surface area contributed by atoms with Crippen molar-refractivity contribution in [2.45, 2.75) is 90.5 Å². The third-order valence-electron chi connectivity index (χ3n) is 3.80. The van der Waals surface area contributed by atoms with E-state index < -0.39 is 55.7 Å². The van der Waals surface area contributed by atoms with Gasteiger partial charge in [0.1, 0.15) is 11.2 Å². The molecule has 0 unspecified atom stereocenters. The number of hydrogen-bond acceptors (Lipinski definition) is 10. The standard InChI is InChI=1S/C20H40N2O10S2/c1-19(2,3)31-17(23)21-15(11-9-13-29-33(7,25)26)16(12-10-14-30-34(8,27)28)22-18(24)32-20(4,5)6/h15-16H,9-14H2,1-8H3,(H,21,23)(H,22,24)/t15-,16-/m0/s1. The Balaban J connectivity index is 5.55. The minimum atomic E-state index is -3.64. The van der Waals surface area contributed by atoms with Crippen molar-refractivity contribution in [2.24, 2.45) is 0 Å². The highest BCUT2D eigenvalue weighted by Crippen LogP contribution is 2.15. The van der Waals surface area contributed by atoms with Crippen molar-refractivity contribution in [3.63, 3.8) is 0 Å². The van der Waals surface area contributed by atoms with Crippen LogP contribution in [-0.2, 0) is 38.1 Å². The van der Waals surface area contributed by atoms with E-state index in [1.54, 1.807) is 41.5 Å². The third-order valence-corrected chi connectivity index (χ3v) is 4.99. The maximum absolute atomic E-state index is 12.4. The Kier molecular flexibility index (Phi) is 12.8. The Hall–Kier alpha value is -1.64. The summed E-state index contributed by atoms with van der Waals surface area (Å²) >= 11 is 0. The van der Waals surface area contributed by atoms with Gasteiger partial charge < -0.3 is 20.1 Å². The minimum Gasteiger partial charge on any atom is -0.444 e. The van der Waals surface area contributed by atoms with Crippen molar-refractivity contribution in [1.82, 2.24) is 10.6 Å². The topological polar surface area (TPSA) is 163 Å². The molecule has 0 aliphatic heterocycles. The molecule has 0 saturated carbocycles. The molecule has 34 heavy (non-hydrogen) atoms. The highest BCUT2D eigenvalue weighted by atomic mass is 32.2. The molecule has 12 nitrogen and oxygen atoms in total. The number of carbonyl (C=O) groups excluding carboxylic acids is 2. The van der Waals surface area contributed by atoms with Gasteiger partial charge in [-0.25, -0.2) is 9.59 Å². The molecule has 0 aromatic rings. The number of alkyl carbamates (subject to hydrolysis) is 2. The Morgan fingerprint density at radius 1 is 0.676 bits per heavy atom. The van der Waals surface area contributed by atoms with E-state index in [0.29, 0.717) is 0 Å². The van der Waals surface area contributed by atoms with Gasteiger partial charge in [0.05, 0.1) is 37.8 Å². The molecule has 202 valence electrons. The predicted octanol–water partition coefficient (Wildman–Crippen LogP) is 2.29. The summed E-state index contributed by atoms with van der Waals surface area (Å²) in [4.78, 5) is 24.9. The molecular weight excluding hydrogens is 492 g/mol. The van der Waals surface area contributed by atoms with Crippen molar-refractivity contribution in [3.05, 3.63) is 0 Å². The average Bonchev–Trinajstić information content (AvgIpc) is 2.55. The van der Waals surface area contributed by atoms with Gasteiger partial charge in [-0.15, -0.1) is 0 Å². The van der Waals surface area contributed by atoms with E-state index in [1.165, 1.54) is 0 Å². The molecule has 2 N–H and O–H groups in total. The molecule has 2 atom stereocenters. The summed E-state index contributed by atoms with van der Waals surface area (Å²) in [6, 6.07) is -1.41. The van der Waals surface area contributed by atoms with E-state index >= 15 is 0 Å². The first-order chi connectivity index (χ1) is 15.2. The van der Waals surface area contributed by atoms with Crippen LogP contribution in [0.5, 0.6) is 0 Å². The highest BCUT2D eigenvalue weighted by Gasteiger charge is 2.29. The molecular formula is C20H40N2O10S2. The number of ether oxygens (including phenoxy) is 2. The molecule has 0 heterocycles. The summed E-state index contributed by atoms with van der Waals surface area (Å²) in [7, 11) is -7.27. The maximum atomic E-state index is 12.4. The van der Waals surface area contributed by atoms with Crippen LogP contribution in [0.2, 0.25) is 0 Å². The van der Waals surface area contributed by atoms with Gasteiger partial charge in [0.25, 0.3) is 20.2 Å². The van der Waals surface area contributed by atoms with Gasteiger partial charge in [-0.1, -0.05) is 0 Å². The van der Waals surface area contributed by atoms with Crippen LogP contribution in [0, 0.1) is 0 Å². The zero-order valence-electron chi connectivity index (χ0n) is 21.3. The van der Waals surface area contributed by atoms with Gasteiger partial charge in [-0.3, -0.25) is 8.37 Å². The Bertz CT molecular complexity index is 787. The molecule has 0 aliphatic rings. The molecule has 2 amide bonds. The van der Waals surface area contributed by atoms with E-state index in [9.17, 15) is 26.4 Å². The largest absolute Gasteiger partial charge is 0.444 e. The first-order valence-electron chi connectivity index (χ1n) is 10.8. The number of rotatable bonds is 13. The van der Waals surface area contributed by atoms with E-state index in [-0.39, 0.29) is 38.9 Å². The molecule has 0 aromatic carbocycles. The van der Waals surface area contributed by atoms with Gasteiger partial charge in [-0.2, -0.15) is 16.8 Å². The quantitative estimate of drug-likeness (QED) is 0.266. The normalized spacial score (nSPS) is 14.7. The van der Waals surface area contributed by atoms with E-state index in [4.69, 9.17) is 17.8 Å². The van der Waals surface area contributed by atoms with Crippen LogP contribution in [-0.4, -0.2) is 78.0 Å². The minimum absolute atomic E-state index is 0.123. The highest BCUT2D eigenvalue weighted by molar-refractivity contribution is 7.86. The van der Waals surface area contributed by atoms with Crippen LogP contribution in [0.3, 0.4) is 0 Å². The van der Waals surface area contributed by atoms with Gasteiger partial charge in [0.2, 0.25) is 0 Å². The van der Waals surface area contributed by atoms with E-state index in [0.717, 1.165) is 12.5 Å². The van der Waals surface area contributed by atoms with Gasteiger partial charge in [-0.05, 0) is 67.2 Å². The molecule has 0 aliphatic carbocycles. The second-order valence-corrected chi connectivity index (χ2v) is 13.1. The van der Waals surface area contributed by atoms with Gasteiger partial charge in [0.15, 0.2) is 0 Å². The lowest BCUT2D eigenvalue weighted by Gasteiger charge is -2.31. The van der Waals surface area contributed by atoms with E-state index in [2.05, 4.69) is 10.6 Å². The van der Waals surface area contributed by atoms with Crippen molar-refractivity contribution >= 4 is 32.4 Å². The second kappa shape index (κ2) is 13.4. The summed E-state index contributed by atoms with van der Waals surface area (Å²) < 4.78 is 65.1. The van der Waals surface area contributed by atoms with Crippen molar-refractivity contribution in [2.75, 3.05) is 25.7 Å². The molecule has 0 spiro atoms. The number of nitrogens with one attached hydrogen (secondary N) is 2. The van der Waals surface area contributed by atoms with Crippen molar-refractivity contribution in [3.8, 4) is 0 Å².